The number of piperidine rings is 1. The monoisotopic (exact) mass is 370 g/mol. The Morgan fingerprint density at radius 1 is 0.963 bits per heavy atom. The first-order valence-corrected chi connectivity index (χ1v) is 9.73. The van der Waals surface area contributed by atoms with E-state index in [2.05, 4.69) is 0 Å². The van der Waals surface area contributed by atoms with Crippen molar-refractivity contribution in [2.75, 3.05) is 24.5 Å². The highest BCUT2D eigenvalue weighted by Crippen LogP contribution is 2.32. The van der Waals surface area contributed by atoms with E-state index in [1.54, 1.807) is 0 Å². The Balaban J connectivity index is 1.55. The molecule has 27 heavy (non-hydrogen) atoms. The SMILES string of the molecule is O=C(c1cccc(CN2CCCc3cc(F)cc(F)c32)c1)N1CCCCC1. The van der Waals surface area contributed by atoms with Crippen LogP contribution in [-0.4, -0.2) is 30.4 Å². The Hall–Kier alpha value is -2.43. The molecule has 3 nitrogen and oxygen atoms in total. The molecule has 1 saturated heterocycles. The van der Waals surface area contributed by atoms with Gasteiger partial charge in [-0.3, -0.25) is 4.79 Å². The fourth-order valence-electron chi connectivity index (χ4n) is 4.20. The van der Waals surface area contributed by atoms with Crippen LogP contribution in [0.4, 0.5) is 14.5 Å². The summed E-state index contributed by atoms with van der Waals surface area (Å²) >= 11 is 0. The maximum Gasteiger partial charge on any atom is 0.253 e. The van der Waals surface area contributed by atoms with Gasteiger partial charge in [-0.1, -0.05) is 12.1 Å². The third-order valence-corrected chi connectivity index (χ3v) is 5.49. The van der Waals surface area contributed by atoms with Crippen LogP contribution in [0, 0.1) is 11.6 Å². The highest BCUT2D eigenvalue weighted by Gasteiger charge is 2.23. The van der Waals surface area contributed by atoms with Crippen molar-refractivity contribution in [3.05, 3.63) is 64.7 Å². The molecule has 0 N–H and O–H groups in total. The zero-order chi connectivity index (χ0) is 18.8. The fraction of sp³-hybridized carbons (Fsp3) is 0.409. The topological polar surface area (TPSA) is 23.6 Å². The van der Waals surface area contributed by atoms with E-state index < -0.39 is 11.6 Å². The number of carbonyl (C=O) groups is 1. The van der Waals surface area contributed by atoms with E-state index in [0.717, 1.165) is 56.1 Å². The van der Waals surface area contributed by atoms with Gasteiger partial charge in [-0.05, 0) is 61.4 Å². The molecule has 1 fully saturated rings. The molecular weight excluding hydrogens is 346 g/mol. The second-order valence-corrected chi connectivity index (χ2v) is 7.47. The number of amides is 1. The van der Waals surface area contributed by atoms with Gasteiger partial charge in [0.2, 0.25) is 0 Å². The third kappa shape index (κ3) is 3.82. The average Bonchev–Trinajstić information content (AvgIpc) is 2.68. The number of nitrogens with zero attached hydrogens (tertiary/aromatic N) is 2. The number of likely N-dealkylation sites (tertiary alicyclic amines) is 1. The number of fused-ring (bicyclic) bond motifs is 1. The lowest BCUT2D eigenvalue weighted by molar-refractivity contribution is 0.0724. The van der Waals surface area contributed by atoms with E-state index in [0.29, 0.717) is 24.2 Å². The Morgan fingerprint density at radius 2 is 1.78 bits per heavy atom. The molecule has 0 spiro atoms. The van der Waals surface area contributed by atoms with Gasteiger partial charge >= 0.3 is 0 Å². The van der Waals surface area contributed by atoms with Crippen molar-refractivity contribution in [3.63, 3.8) is 0 Å². The summed E-state index contributed by atoms with van der Waals surface area (Å²) in [6, 6.07) is 9.99. The van der Waals surface area contributed by atoms with Crippen LogP contribution < -0.4 is 4.90 Å². The molecule has 0 bridgehead atoms. The summed E-state index contributed by atoms with van der Waals surface area (Å²) in [5.74, 6) is -0.962. The van der Waals surface area contributed by atoms with Crippen molar-refractivity contribution in [2.45, 2.75) is 38.6 Å². The summed E-state index contributed by atoms with van der Waals surface area (Å²) in [7, 11) is 0. The summed E-state index contributed by atoms with van der Waals surface area (Å²) in [6.07, 6.45) is 4.86. The second-order valence-electron chi connectivity index (χ2n) is 7.47. The maximum atomic E-state index is 14.4. The zero-order valence-electron chi connectivity index (χ0n) is 15.4. The van der Waals surface area contributed by atoms with Gasteiger partial charge in [0.15, 0.2) is 0 Å². The van der Waals surface area contributed by atoms with Crippen molar-refractivity contribution in [3.8, 4) is 0 Å². The number of rotatable bonds is 3. The van der Waals surface area contributed by atoms with Gasteiger partial charge in [0.1, 0.15) is 11.6 Å². The molecule has 0 radical (unpaired) electrons. The van der Waals surface area contributed by atoms with Crippen molar-refractivity contribution >= 4 is 11.6 Å². The Morgan fingerprint density at radius 3 is 2.59 bits per heavy atom. The molecular formula is C22H24F2N2O. The van der Waals surface area contributed by atoms with Crippen molar-refractivity contribution in [1.82, 2.24) is 4.90 Å². The summed E-state index contributed by atoms with van der Waals surface area (Å²) in [5, 5.41) is 0. The first-order valence-electron chi connectivity index (χ1n) is 9.73. The van der Waals surface area contributed by atoms with Crippen LogP contribution >= 0.6 is 0 Å². The minimum Gasteiger partial charge on any atom is -0.365 e. The Labute approximate surface area is 158 Å². The number of aryl methyl sites for hydroxylation is 1. The Bertz CT molecular complexity index is 846. The van der Waals surface area contributed by atoms with Crippen LogP contribution in [0.3, 0.4) is 0 Å². The highest BCUT2D eigenvalue weighted by molar-refractivity contribution is 5.94. The molecule has 2 aliphatic heterocycles. The Kier molecular flexibility index (Phi) is 5.10. The molecule has 2 aliphatic rings. The van der Waals surface area contributed by atoms with Gasteiger partial charge in [-0.15, -0.1) is 0 Å². The number of benzene rings is 2. The van der Waals surface area contributed by atoms with Crippen LogP contribution in [0.2, 0.25) is 0 Å². The van der Waals surface area contributed by atoms with Crippen molar-refractivity contribution in [2.24, 2.45) is 0 Å². The summed E-state index contributed by atoms with van der Waals surface area (Å²) in [6.45, 7) is 2.87. The molecule has 0 atom stereocenters. The second kappa shape index (κ2) is 7.67. The lowest BCUT2D eigenvalue weighted by Crippen LogP contribution is -2.35. The van der Waals surface area contributed by atoms with Crippen molar-refractivity contribution in [1.29, 1.82) is 0 Å². The van der Waals surface area contributed by atoms with E-state index in [-0.39, 0.29) is 5.91 Å². The third-order valence-electron chi connectivity index (χ3n) is 5.49. The van der Waals surface area contributed by atoms with Crippen molar-refractivity contribution < 1.29 is 13.6 Å². The normalized spacial score (nSPS) is 17.0. The van der Waals surface area contributed by atoms with Crippen LogP contribution in [-0.2, 0) is 13.0 Å². The molecule has 2 aromatic rings. The molecule has 0 saturated carbocycles. The van der Waals surface area contributed by atoms with E-state index >= 15 is 0 Å². The number of anilines is 1. The molecule has 2 aromatic carbocycles. The van der Waals surface area contributed by atoms with Gasteiger partial charge in [0, 0.05) is 37.8 Å². The van der Waals surface area contributed by atoms with Crippen LogP contribution in [0.1, 0.15) is 47.2 Å². The first-order chi connectivity index (χ1) is 13.1. The summed E-state index contributed by atoms with van der Waals surface area (Å²) < 4.78 is 27.9. The average molecular weight is 370 g/mol. The number of carbonyl (C=O) groups excluding carboxylic acids is 1. The minimum absolute atomic E-state index is 0.0730. The molecule has 2 heterocycles. The number of hydrogen-bond acceptors (Lipinski definition) is 2. The largest absolute Gasteiger partial charge is 0.365 e. The van der Waals surface area contributed by atoms with Gasteiger partial charge < -0.3 is 9.80 Å². The van der Waals surface area contributed by atoms with Gasteiger partial charge in [-0.2, -0.15) is 0 Å². The smallest absolute Gasteiger partial charge is 0.253 e. The molecule has 1 amide bonds. The minimum atomic E-state index is -0.526. The van der Waals surface area contributed by atoms with E-state index in [9.17, 15) is 13.6 Å². The summed E-state index contributed by atoms with van der Waals surface area (Å²) in [4.78, 5) is 16.6. The maximum absolute atomic E-state index is 14.4. The van der Waals surface area contributed by atoms with Crippen LogP contribution in [0.15, 0.2) is 36.4 Å². The lowest BCUT2D eigenvalue weighted by atomic mass is 10.00. The van der Waals surface area contributed by atoms with Gasteiger partial charge in [0.25, 0.3) is 5.91 Å². The first kappa shape index (κ1) is 18.0. The molecule has 4 rings (SSSR count). The molecule has 5 heteroatoms. The quantitative estimate of drug-likeness (QED) is 0.792. The predicted molar refractivity (Wildman–Crippen MR) is 102 cm³/mol. The zero-order valence-corrected chi connectivity index (χ0v) is 15.4. The van der Waals surface area contributed by atoms with E-state index in [1.807, 2.05) is 34.1 Å². The van der Waals surface area contributed by atoms with Crippen LogP contribution in [0.25, 0.3) is 0 Å². The molecule has 0 aromatic heterocycles. The molecule has 142 valence electrons. The van der Waals surface area contributed by atoms with E-state index in [1.165, 1.54) is 12.5 Å². The lowest BCUT2D eigenvalue weighted by Gasteiger charge is -2.32. The number of halogens is 2. The predicted octanol–water partition coefficient (Wildman–Crippen LogP) is 4.54. The van der Waals surface area contributed by atoms with E-state index in [4.69, 9.17) is 0 Å². The summed E-state index contributed by atoms with van der Waals surface area (Å²) in [5.41, 5.74) is 2.87. The fourth-order valence-corrected chi connectivity index (χ4v) is 4.20. The molecule has 0 aliphatic carbocycles. The molecule has 0 unspecified atom stereocenters. The van der Waals surface area contributed by atoms with Crippen LogP contribution in [0.5, 0.6) is 0 Å². The van der Waals surface area contributed by atoms with Gasteiger partial charge in [-0.25, -0.2) is 8.78 Å². The highest BCUT2D eigenvalue weighted by atomic mass is 19.1. The standard InChI is InChI=1S/C22H24F2N2O/c23-19-13-17-8-5-11-26(21(17)20(24)14-19)15-16-6-4-7-18(12-16)22(27)25-9-2-1-3-10-25/h4,6-7,12-14H,1-3,5,8-11,15H2. The van der Waals surface area contributed by atoms with Gasteiger partial charge in [0.05, 0.1) is 5.69 Å². The number of hydrogen-bond donors (Lipinski definition) is 0.